The van der Waals surface area contributed by atoms with Crippen LogP contribution in [0.5, 0.6) is 0 Å². The van der Waals surface area contributed by atoms with Gasteiger partial charge in [-0.05, 0) is 12.8 Å². The van der Waals surface area contributed by atoms with Crippen LogP contribution in [0.4, 0.5) is 0 Å². The maximum absolute atomic E-state index is 11.6. The van der Waals surface area contributed by atoms with Crippen LogP contribution >= 0.6 is 0 Å². The highest BCUT2D eigenvalue weighted by molar-refractivity contribution is 5.85. The third kappa shape index (κ3) is 5.65. The van der Waals surface area contributed by atoms with Crippen molar-refractivity contribution in [3.05, 3.63) is 0 Å². The van der Waals surface area contributed by atoms with E-state index in [1.165, 1.54) is 0 Å². The molecule has 98 valence electrons. The second-order valence-corrected chi connectivity index (χ2v) is 4.03. The van der Waals surface area contributed by atoms with Crippen molar-refractivity contribution in [2.24, 2.45) is 0 Å². The van der Waals surface area contributed by atoms with E-state index in [9.17, 15) is 9.59 Å². The molecule has 17 heavy (non-hydrogen) atoms. The summed E-state index contributed by atoms with van der Waals surface area (Å²) in [6.45, 7) is 3.16. The molecule has 0 aliphatic carbocycles. The Kier molecular flexibility index (Phi) is 6.57. The van der Waals surface area contributed by atoms with Crippen LogP contribution in [-0.2, 0) is 14.3 Å². The smallest absolute Gasteiger partial charge is 0.241 e. The Morgan fingerprint density at radius 1 is 1.24 bits per heavy atom. The summed E-state index contributed by atoms with van der Waals surface area (Å²) in [6, 6.07) is 0. The van der Waals surface area contributed by atoms with Crippen molar-refractivity contribution >= 4 is 11.8 Å². The molecule has 2 amide bonds. The Hall–Kier alpha value is -1.14. The predicted octanol–water partition coefficient (Wildman–Crippen LogP) is -1.04. The number of nitrogens with zero attached hydrogens (tertiary/aromatic N) is 1. The van der Waals surface area contributed by atoms with Gasteiger partial charge >= 0.3 is 0 Å². The van der Waals surface area contributed by atoms with Crippen LogP contribution in [-0.4, -0.2) is 63.2 Å². The summed E-state index contributed by atoms with van der Waals surface area (Å²) in [6.07, 6.45) is 2.14. The van der Waals surface area contributed by atoms with Gasteiger partial charge in [0.25, 0.3) is 0 Å². The average molecular weight is 243 g/mol. The molecule has 1 rings (SSSR count). The second-order valence-electron chi connectivity index (χ2n) is 4.03. The van der Waals surface area contributed by atoms with Gasteiger partial charge in [0.2, 0.25) is 11.8 Å². The fourth-order valence-corrected chi connectivity index (χ4v) is 1.69. The SMILES string of the molecule is COCCNCC(=O)NCC(=O)N1CCCC1. The number of amides is 2. The van der Waals surface area contributed by atoms with E-state index in [0.29, 0.717) is 13.2 Å². The molecule has 0 bridgehead atoms. The van der Waals surface area contributed by atoms with E-state index < -0.39 is 0 Å². The zero-order valence-electron chi connectivity index (χ0n) is 10.3. The number of ether oxygens (including phenoxy) is 1. The number of carbonyl (C=O) groups excluding carboxylic acids is 2. The Morgan fingerprint density at radius 3 is 2.59 bits per heavy atom. The molecule has 1 aliphatic rings. The third-order valence-electron chi connectivity index (χ3n) is 2.66. The summed E-state index contributed by atoms with van der Waals surface area (Å²) in [5.41, 5.74) is 0. The second kappa shape index (κ2) is 8.03. The van der Waals surface area contributed by atoms with Gasteiger partial charge in [-0.2, -0.15) is 0 Å². The average Bonchev–Trinajstić information content (AvgIpc) is 2.85. The van der Waals surface area contributed by atoms with Crippen molar-refractivity contribution in [3.63, 3.8) is 0 Å². The van der Waals surface area contributed by atoms with Gasteiger partial charge in [0.15, 0.2) is 0 Å². The fourth-order valence-electron chi connectivity index (χ4n) is 1.69. The molecule has 2 N–H and O–H groups in total. The molecule has 1 heterocycles. The predicted molar refractivity (Wildman–Crippen MR) is 63.6 cm³/mol. The molecule has 0 aromatic carbocycles. The Bertz CT molecular complexity index is 252. The van der Waals surface area contributed by atoms with Gasteiger partial charge in [-0.25, -0.2) is 0 Å². The van der Waals surface area contributed by atoms with E-state index >= 15 is 0 Å². The minimum Gasteiger partial charge on any atom is -0.383 e. The summed E-state index contributed by atoms with van der Waals surface area (Å²) < 4.78 is 4.83. The third-order valence-corrected chi connectivity index (χ3v) is 2.66. The molecule has 0 unspecified atom stereocenters. The summed E-state index contributed by atoms with van der Waals surface area (Å²) in [5, 5.41) is 5.52. The van der Waals surface area contributed by atoms with Crippen LogP contribution in [0.3, 0.4) is 0 Å². The van der Waals surface area contributed by atoms with Gasteiger partial charge in [0.05, 0.1) is 19.7 Å². The normalized spacial score (nSPS) is 15.0. The van der Waals surface area contributed by atoms with Gasteiger partial charge < -0.3 is 20.3 Å². The molecule has 1 saturated heterocycles. The highest BCUT2D eigenvalue weighted by atomic mass is 16.5. The molecule has 0 radical (unpaired) electrons. The number of rotatable bonds is 7. The van der Waals surface area contributed by atoms with E-state index in [2.05, 4.69) is 10.6 Å². The molecule has 0 saturated carbocycles. The van der Waals surface area contributed by atoms with Crippen molar-refractivity contribution < 1.29 is 14.3 Å². The zero-order valence-corrected chi connectivity index (χ0v) is 10.3. The van der Waals surface area contributed by atoms with E-state index in [-0.39, 0.29) is 24.9 Å². The van der Waals surface area contributed by atoms with Gasteiger partial charge in [0, 0.05) is 26.7 Å². The summed E-state index contributed by atoms with van der Waals surface area (Å²) in [7, 11) is 1.61. The topological polar surface area (TPSA) is 70.7 Å². The molecule has 1 fully saturated rings. The van der Waals surface area contributed by atoms with E-state index in [1.807, 2.05) is 0 Å². The van der Waals surface area contributed by atoms with Crippen LogP contribution in [0.2, 0.25) is 0 Å². The first-order valence-corrected chi connectivity index (χ1v) is 5.98. The summed E-state index contributed by atoms with van der Waals surface area (Å²) >= 11 is 0. The maximum Gasteiger partial charge on any atom is 0.241 e. The Labute approximate surface area is 102 Å². The van der Waals surface area contributed by atoms with E-state index in [4.69, 9.17) is 4.74 Å². The van der Waals surface area contributed by atoms with Crippen LogP contribution in [0.25, 0.3) is 0 Å². The van der Waals surface area contributed by atoms with Gasteiger partial charge in [-0.1, -0.05) is 0 Å². The molecular weight excluding hydrogens is 222 g/mol. The highest BCUT2D eigenvalue weighted by Crippen LogP contribution is 2.06. The molecular formula is C11H21N3O3. The van der Waals surface area contributed by atoms with E-state index in [1.54, 1.807) is 12.0 Å². The number of hydrogen-bond acceptors (Lipinski definition) is 4. The molecule has 6 heteroatoms. The first kappa shape index (κ1) is 13.9. The monoisotopic (exact) mass is 243 g/mol. The van der Waals surface area contributed by atoms with Crippen LogP contribution in [0.1, 0.15) is 12.8 Å². The maximum atomic E-state index is 11.6. The van der Waals surface area contributed by atoms with Crippen LogP contribution < -0.4 is 10.6 Å². The largest absolute Gasteiger partial charge is 0.383 e. The quantitative estimate of drug-likeness (QED) is 0.560. The molecule has 6 nitrogen and oxygen atoms in total. The van der Waals surface area contributed by atoms with Gasteiger partial charge in [-0.15, -0.1) is 0 Å². The number of nitrogens with one attached hydrogen (secondary N) is 2. The fraction of sp³-hybridized carbons (Fsp3) is 0.818. The number of carbonyl (C=O) groups is 2. The lowest BCUT2D eigenvalue weighted by Crippen LogP contribution is -2.42. The summed E-state index contributed by atoms with van der Waals surface area (Å²) in [4.78, 5) is 24.7. The van der Waals surface area contributed by atoms with Crippen molar-refractivity contribution in [2.45, 2.75) is 12.8 Å². The van der Waals surface area contributed by atoms with Gasteiger partial charge in [0.1, 0.15) is 0 Å². The molecule has 0 atom stereocenters. The molecule has 1 aliphatic heterocycles. The first-order chi connectivity index (χ1) is 8.24. The van der Waals surface area contributed by atoms with Gasteiger partial charge in [-0.3, -0.25) is 9.59 Å². The van der Waals surface area contributed by atoms with Crippen molar-refractivity contribution in [2.75, 3.05) is 46.4 Å². The zero-order chi connectivity index (χ0) is 12.5. The number of likely N-dealkylation sites (tertiary alicyclic amines) is 1. The van der Waals surface area contributed by atoms with Crippen LogP contribution in [0.15, 0.2) is 0 Å². The first-order valence-electron chi connectivity index (χ1n) is 5.98. The lowest BCUT2D eigenvalue weighted by Gasteiger charge is -2.15. The standard InChI is InChI=1S/C11H21N3O3/c1-17-7-4-12-8-10(15)13-9-11(16)14-5-2-3-6-14/h12H,2-9H2,1H3,(H,13,15). The van der Waals surface area contributed by atoms with Crippen molar-refractivity contribution in [1.29, 1.82) is 0 Å². The Morgan fingerprint density at radius 2 is 1.94 bits per heavy atom. The lowest BCUT2D eigenvalue weighted by atomic mass is 10.4. The molecule has 0 aromatic rings. The number of hydrogen-bond donors (Lipinski definition) is 2. The van der Waals surface area contributed by atoms with Crippen LogP contribution in [0, 0.1) is 0 Å². The van der Waals surface area contributed by atoms with Crippen molar-refractivity contribution in [1.82, 2.24) is 15.5 Å². The molecule has 0 aromatic heterocycles. The number of methoxy groups -OCH3 is 1. The summed E-state index contributed by atoms with van der Waals surface area (Å²) in [5.74, 6) is -0.151. The minimum atomic E-state index is -0.159. The highest BCUT2D eigenvalue weighted by Gasteiger charge is 2.17. The Balaban J connectivity index is 2.04. The minimum absolute atomic E-state index is 0.00717. The van der Waals surface area contributed by atoms with Crippen molar-refractivity contribution in [3.8, 4) is 0 Å². The van der Waals surface area contributed by atoms with E-state index in [0.717, 1.165) is 25.9 Å². The molecule has 0 spiro atoms. The lowest BCUT2D eigenvalue weighted by molar-refractivity contribution is -0.131.